The van der Waals surface area contributed by atoms with Gasteiger partial charge in [-0.3, -0.25) is 4.79 Å². The molecule has 1 aromatic carbocycles. The summed E-state index contributed by atoms with van der Waals surface area (Å²) in [6, 6.07) is 5.60. The van der Waals surface area contributed by atoms with E-state index in [9.17, 15) is 4.79 Å². The molecule has 0 aliphatic rings. The van der Waals surface area contributed by atoms with E-state index in [0.717, 1.165) is 33.3 Å². The topological polar surface area (TPSA) is 83.0 Å². The molecule has 3 rings (SSSR count). The molecule has 0 bridgehead atoms. The highest BCUT2D eigenvalue weighted by Crippen LogP contribution is 2.27. The smallest absolute Gasteiger partial charge is 0.253 e. The number of hydrogen-bond donors (Lipinski definition) is 3. The van der Waals surface area contributed by atoms with E-state index in [1.54, 1.807) is 42.7 Å². The maximum Gasteiger partial charge on any atom is 0.253 e. The van der Waals surface area contributed by atoms with Crippen molar-refractivity contribution >= 4 is 51.2 Å². The van der Waals surface area contributed by atoms with Crippen LogP contribution in [0.4, 0.5) is 11.1 Å². The normalized spacial score (nSPS) is 12.0. The molecule has 142 valence electrons. The summed E-state index contributed by atoms with van der Waals surface area (Å²) < 4.78 is 0.997. The third-order valence-corrected chi connectivity index (χ3v) is 5.10. The molecule has 27 heavy (non-hydrogen) atoms. The van der Waals surface area contributed by atoms with Crippen molar-refractivity contribution in [3.05, 3.63) is 36.2 Å². The molecule has 3 aromatic rings. The summed E-state index contributed by atoms with van der Waals surface area (Å²) in [4.78, 5) is 27.3. The minimum atomic E-state index is -0.00678. The number of rotatable bonds is 7. The van der Waals surface area contributed by atoms with Crippen LogP contribution in [0.25, 0.3) is 10.2 Å². The van der Waals surface area contributed by atoms with Gasteiger partial charge in [0.15, 0.2) is 5.13 Å². The van der Waals surface area contributed by atoms with Gasteiger partial charge in [-0.05, 0) is 24.1 Å². The fourth-order valence-corrected chi connectivity index (χ4v) is 3.43. The molecule has 0 spiro atoms. The number of aromatic nitrogens is 3. The summed E-state index contributed by atoms with van der Waals surface area (Å²) in [6.07, 6.45) is 3.33. The number of thiazole rings is 1. The van der Waals surface area contributed by atoms with Gasteiger partial charge in [-0.2, -0.15) is 0 Å². The summed E-state index contributed by atoms with van der Waals surface area (Å²) in [5.74, 6) is 0.938. The van der Waals surface area contributed by atoms with Crippen molar-refractivity contribution in [2.45, 2.75) is 11.8 Å². The van der Waals surface area contributed by atoms with E-state index >= 15 is 0 Å². The summed E-state index contributed by atoms with van der Waals surface area (Å²) in [5.41, 5.74) is 1.57. The lowest BCUT2D eigenvalue weighted by atomic mass is 10.2. The Morgan fingerprint density at radius 1 is 1.22 bits per heavy atom. The van der Waals surface area contributed by atoms with Gasteiger partial charge in [0.25, 0.3) is 5.91 Å². The lowest BCUT2D eigenvalue weighted by Crippen LogP contribution is -2.21. The first kappa shape index (κ1) is 19.4. The number of nitrogens with zero attached hydrogens (tertiary/aromatic N) is 4. The molecule has 0 saturated carbocycles. The van der Waals surface area contributed by atoms with Crippen LogP contribution in [0, 0.1) is 5.92 Å². The average Bonchev–Trinajstić information content (AvgIpc) is 3.07. The number of thiol groups is 1. The molecule has 0 aliphatic heterocycles. The van der Waals surface area contributed by atoms with Crippen molar-refractivity contribution in [3.8, 4) is 0 Å². The number of hydrogen-bond acceptors (Lipinski definition) is 8. The molecule has 0 radical (unpaired) electrons. The summed E-state index contributed by atoms with van der Waals surface area (Å²) in [7, 11) is 3.50. The Balaban J connectivity index is 1.56. The number of benzene rings is 1. The first-order chi connectivity index (χ1) is 12.9. The zero-order valence-electron chi connectivity index (χ0n) is 15.4. The first-order valence-corrected chi connectivity index (χ1v) is 9.79. The van der Waals surface area contributed by atoms with E-state index in [4.69, 9.17) is 0 Å². The van der Waals surface area contributed by atoms with E-state index in [2.05, 4.69) is 45.1 Å². The van der Waals surface area contributed by atoms with Crippen molar-refractivity contribution in [1.82, 2.24) is 19.9 Å². The zero-order valence-corrected chi connectivity index (χ0v) is 17.1. The number of nitrogens with one attached hydrogen (secondary N) is 2. The lowest BCUT2D eigenvalue weighted by Gasteiger charge is -2.12. The lowest BCUT2D eigenvalue weighted by molar-refractivity contribution is 0.0828. The first-order valence-electron chi connectivity index (χ1n) is 8.53. The summed E-state index contributed by atoms with van der Waals surface area (Å²) in [6.45, 7) is 3.64. The van der Waals surface area contributed by atoms with Crippen LogP contribution in [0.3, 0.4) is 0 Å². The number of amides is 1. The van der Waals surface area contributed by atoms with E-state index in [1.807, 2.05) is 18.2 Å². The third-order valence-electron chi connectivity index (χ3n) is 3.89. The number of carbonyl (C=O) groups is 1. The Morgan fingerprint density at radius 2 is 1.93 bits per heavy atom. The predicted molar refractivity (Wildman–Crippen MR) is 113 cm³/mol. The molecule has 2 aromatic heterocycles. The zero-order chi connectivity index (χ0) is 19.4. The van der Waals surface area contributed by atoms with Crippen LogP contribution in [0.15, 0.2) is 35.5 Å². The van der Waals surface area contributed by atoms with Crippen LogP contribution in [0.2, 0.25) is 0 Å². The second kappa shape index (κ2) is 8.53. The molecule has 2 heterocycles. The van der Waals surface area contributed by atoms with E-state index in [0.29, 0.717) is 17.4 Å². The monoisotopic (exact) mass is 402 g/mol. The molecule has 0 aliphatic carbocycles. The van der Waals surface area contributed by atoms with Crippen LogP contribution in [-0.4, -0.2) is 52.9 Å². The van der Waals surface area contributed by atoms with Gasteiger partial charge >= 0.3 is 0 Å². The summed E-state index contributed by atoms with van der Waals surface area (Å²) >= 11 is 5.73. The van der Waals surface area contributed by atoms with Crippen LogP contribution in [-0.2, 0) is 0 Å². The Kier molecular flexibility index (Phi) is 6.12. The quantitative estimate of drug-likeness (QED) is 0.526. The van der Waals surface area contributed by atoms with Crippen molar-refractivity contribution in [1.29, 1.82) is 0 Å². The Hall–Kier alpha value is -2.39. The van der Waals surface area contributed by atoms with Crippen LogP contribution >= 0.6 is 24.0 Å². The van der Waals surface area contributed by atoms with Gasteiger partial charge in [0, 0.05) is 50.0 Å². The van der Waals surface area contributed by atoms with Crippen LogP contribution in [0.5, 0.6) is 0 Å². The maximum absolute atomic E-state index is 12.1. The second-order valence-electron chi connectivity index (χ2n) is 6.53. The highest BCUT2D eigenvalue weighted by atomic mass is 32.1. The Bertz CT molecular complexity index is 925. The van der Waals surface area contributed by atoms with Crippen molar-refractivity contribution in [2.75, 3.05) is 37.8 Å². The minimum Gasteiger partial charge on any atom is -0.361 e. The minimum absolute atomic E-state index is 0.00678. The molecule has 9 heteroatoms. The molecule has 0 saturated heterocycles. The second-order valence-corrected chi connectivity index (χ2v) is 8.08. The van der Waals surface area contributed by atoms with Gasteiger partial charge in [0.05, 0.1) is 10.2 Å². The van der Waals surface area contributed by atoms with Gasteiger partial charge in [0.2, 0.25) is 5.95 Å². The SMILES string of the molecule is C[C@@H](CNc1ncc(S)cn1)CNc1nc2ccc(C(=O)N(C)C)cc2s1. The number of carbonyl (C=O) groups excluding carboxylic acids is 1. The van der Waals surface area contributed by atoms with E-state index < -0.39 is 0 Å². The van der Waals surface area contributed by atoms with Gasteiger partial charge in [-0.25, -0.2) is 15.0 Å². The fraction of sp³-hybridized carbons (Fsp3) is 0.333. The third kappa shape index (κ3) is 5.08. The fourth-order valence-electron chi connectivity index (χ4n) is 2.40. The molecule has 0 fully saturated rings. The standard InChI is InChI=1S/C18H22N6OS2/c1-11(7-19-17-20-9-13(26)10-21-17)8-22-18-23-14-5-4-12(6-15(14)27-18)16(25)24(2)3/h4-6,9-11,26H,7-8H2,1-3H3,(H,22,23)(H,19,20,21)/t11-/m0/s1. The molecular formula is C18H22N6OS2. The number of fused-ring (bicyclic) bond motifs is 1. The highest BCUT2D eigenvalue weighted by Gasteiger charge is 2.11. The molecule has 1 amide bonds. The van der Waals surface area contributed by atoms with E-state index in [1.165, 1.54) is 0 Å². The van der Waals surface area contributed by atoms with Crippen LogP contribution in [0.1, 0.15) is 17.3 Å². The molecule has 7 nitrogen and oxygen atoms in total. The predicted octanol–water partition coefficient (Wildman–Crippen LogP) is 3.24. The summed E-state index contributed by atoms with van der Waals surface area (Å²) in [5, 5.41) is 7.43. The highest BCUT2D eigenvalue weighted by molar-refractivity contribution is 7.80. The van der Waals surface area contributed by atoms with Crippen molar-refractivity contribution < 1.29 is 4.79 Å². The van der Waals surface area contributed by atoms with Gasteiger partial charge in [0.1, 0.15) is 0 Å². The largest absolute Gasteiger partial charge is 0.361 e. The van der Waals surface area contributed by atoms with E-state index in [-0.39, 0.29) is 5.91 Å². The molecule has 1 atom stereocenters. The average molecular weight is 403 g/mol. The van der Waals surface area contributed by atoms with Crippen molar-refractivity contribution in [3.63, 3.8) is 0 Å². The Morgan fingerprint density at radius 3 is 2.63 bits per heavy atom. The van der Waals surface area contributed by atoms with Gasteiger partial charge in [-0.15, -0.1) is 12.6 Å². The molecular weight excluding hydrogens is 380 g/mol. The van der Waals surface area contributed by atoms with Gasteiger partial charge in [-0.1, -0.05) is 18.3 Å². The molecule has 0 unspecified atom stereocenters. The maximum atomic E-state index is 12.1. The van der Waals surface area contributed by atoms with Crippen molar-refractivity contribution in [2.24, 2.45) is 5.92 Å². The molecule has 2 N–H and O–H groups in total. The Labute approximate surface area is 167 Å². The van der Waals surface area contributed by atoms with Gasteiger partial charge < -0.3 is 15.5 Å². The number of anilines is 2. The van der Waals surface area contributed by atoms with Crippen LogP contribution < -0.4 is 10.6 Å².